The molecule has 0 aliphatic carbocycles. The zero-order chi connectivity index (χ0) is 16.2. The van der Waals surface area contributed by atoms with Gasteiger partial charge in [0.15, 0.2) is 17.3 Å². The van der Waals surface area contributed by atoms with E-state index < -0.39 is 6.61 Å². The van der Waals surface area contributed by atoms with Crippen molar-refractivity contribution in [1.82, 2.24) is 0 Å². The highest BCUT2D eigenvalue weighted by molar-refractivity contribution is 6.07. The number of hydrogen-bond acceptors (Lipinski definition) is 4. The number of fused-ring (bicyclic) bond motifs is 1. The van der Waals surface area contributed by atoms with Crippen molar-refractivity contribution in [2.75, 3.05) is 6.79 Å². The first-order valence-corrected chi connectivity index (χ1v) is 6.79. The summed E-state index contributed by atoms with van der Waals surface area (Å²) in [6.45, 7) is -2.74. The molecule has 6 heteroatoms. The van der Waals surface area contributed by atoms with E-state index in [1.807, 2.05) is 0 Å². The third-order valence-electron chi connectivity index (χ3n) is 3.21. The van der Waals surface area contributed by atoms with Crippen molar-refractivity contribution < 1.29 is 27.8 Å². The Bertz CT molecular complexity index is 739. The quantitative estimate of drug-likeness (QED) is 0.619. The maximum absolute atomic E-state index is 12.1. The summed E-state index contributed by atoms with van der Waals surface area (Å²) < 4.78 is 39.0. The van der Waals surface area contributed by atoms with Crippen LogP contribution in [0.5, 0.6) is 17.2 Å². The van der Waals surface area contributed by atoms with Gasteiger partial charge in [-0.05, 0) is 42.5 Å². The molecule has 118 valence electrons. The van der Waals surface area contributed by atoms with Gasteiger partial charge in [-0.2, -0.15) is 8.78 Å². The van der Waals surface area contributed by atoms with Gasteiger partial charge in [0.2, 0.25) is 6.79 Å². The number of ketones is 1. The molecule has 23 heavy (non-hydrogen) atoms. The number of carbonyl (C=O) groups excluding carboxylic acids is 1. The van der Waals surface area contributed by atoms with Crippen LogP contribution >= 0.6 is 0 Å². The third kappa shape index (κ3) is 3.48. The van der Waals surface area contributed by atoms with Gasteiger partial charge >= 0.3 is 6.61 Å². The number of benzene rings is 2. The van der Waals surface area contributed by atoms with Crippen LogP contribution in [-0.4, -0.2) is 19.2 Å². The molecule has 4 nitrogen and oxygen atoms in total. The molecule has 0 radical (unpaired) electrons. The monoisotopic (exact) mass is 318 g/mol. The van der Waals surface area contributed by atoms with E-state index in [0.717, 1.165) is 5.56 Å². The summed E-state index contributed by atoms with van der Waals surface area (Å²) in [6, 6.07) is 10.9. The summed E-state index contributed by atoms with van der Waals surface area (Å²) >= 11 is 0. The lowest BCUT2D eigenvalue weighted by molar-refractivity contribution is -0.0498. The average Bonchev–Trinajstić information content (AvgIpc) is 3.02. The van der Waals surface area contributed by atoms with Gasteiger partial charge in [-0.1, -0.05) is 12.1 Å². The Morgan fingerprint density at radius 2 is 1.91 bits per heavy atom. The molecule has 1 aliphatic heterocycles. The summed E-state index contributed by atoms with van der Waals surface area (Å²) in [4.78, 5) is 12.1. The summed E-state index contributed by atoms with van der Waals surface area (Å²) in [5.74, 6) is 0.974. The van der Waals surface area contributed by atoms with Crippen molar-refractivity contribution in [1.29, 1.82) is 0 Å². The summed E-state index contributed by atoms with van der Waals surface area (Å²) in [7, 11) is 0. The molecule has 2 aromatic rings. The van der Waals surface area contributed by atoms with Crippen LogP contribution in [0.15, 0.2) is 48.5 Å². The molecule has 1 heterocycles. The van der Waals surface area contributed by atoms with Gasteiger partial charge in [0.05, 0.1) is 0 Å². The van der Waals surface area contributed by atoms with E-state index in [1.54, 1.807) is 24.3 Å². The predicted molar refractivity (Wildman–Crippen MR) is 79.0 cm³/mol. The van der Waals surface area contributed by atoms with Gasteiger partial charge in [-0.3, -0.25) is 4.79 Å². The second kappa shape index (κ2) is 6.48. The zero-order valence-corrected chi connectivity index (χ0v) is 11.9. The van der Waals surface area contributed by atoms with Crippen LogP contribution in [0.1, 0.15) is 15.9 Å². The lowest BCUT2D eigenvalue weighted by Gasteiger charge is -2.04. The molecular formula is C17H12F2O4. The molecule has 0 unspecified atom stereocenters. The van der Waals surface area contributed by atoms with E-state index in [-0.39, 0.29) is 18.3 Å². The Hall–Kier alpha value is -2.89. The average molecular weight is 318 g/mol. The minimum Gasteiger partial charge on any atom is -0.454 e. The molecule has 1 aliphatic rings. The number of ether oxygens (including phenoxy) is 3. The van der Waals surface area contributed by atoms with E-state index in [9.17, 15) is 13.6 Å². The van der Waals surface area contributed by atoms with E-state index in [1.165, 1.54) is 30.3 Å². The molecule has 0 aromatic heterocycles. The molecule has 0 spiro atoms. The standard InChI is InChI=1S/C17H12F2O4/c18-17(19)23-13-7-4-11(5-8-13)14(20)9-6-12-2-1-3-15-16(12)22-10-21-15/h1-9,17H,10H2/b9-6+. The zero-order valence-electron chi connectivity index (χ0n) is 11.9. The minimum absolute atomic E-state index is 0.00644. The summed E-state index contributed by atoms with van der Waals surface area (Å²) in [5, 5.41) is 0. The fraction of sp³-hybridized carbons (Fsp3) is 0.118. The molecule has 0 atom stereocenters. The lowest BCUT2D eigenvalue weighted by Crippen LogP contribution is -2.02. The van der Waals surface area contributed by atoms with Gasteiger partial charge in [-0.25, -0.2) is 0 Å². The highest BCUT2D eigenvalue weighted by Gasteiger charge is 2.15. The Balaban J connectivity index is 1.73. The fourth-order valence-corrected chi connectivity index (χ4v) is 2.15. The van der Waals surface area contributed by atoms with E-state index in [4.69, 9.17) is 9.47 Å². The molecular weight excluding hydrogens is 306 g/mol. The van der Waals surface area contributed by atoms with Crippen LogP contribution in [0, 0.1) is 0 Å². The highest BCUT2D eigenvalue weighted by atomic mass is 19.3. The van der Waals surface area contributed by atoms with Gasteiger partial charge in [0.25, 0.3) is 0 Å². The normalized spacial score (nSPS) is 12.8. The van der Waals surface area contributed by atoms with Crippen molar-refractivity contribution in [3.8, 4) is 17.2 Å². The van der Waals surface area contributed by atoms with Crippen LogP contribution in [0.3, 0.4) is 0 Å². The van der Waals surface area contributed by atoms with Crippen molar-refractivity contribution in [3.05, 3.63) is 59.7 Å². The predicted octanol–water partition coefficient (Wildman–Crippen LogP) is 3.91. The maximum atomic E-state index is 12.1. The number of allylic oxidation sites excluding steroid dienone is 1. The number of alkyl halides is 2. The smallest absolute Gasteiger partial charge is 0.387 e. The molecule has 0 amide bonds. The van der Waals surface area contributed by atoms with Crippen LogP contribution < -0.4 is 14.2 Å². The molecule has 0 saturated heterocycles. The van der Waals surface area contributed by atoms with E-state index >= 15 is 0 Å². The Morgan fingerprint density at radius 1 is 1.13 bits per heavy atom. The summed E-state index contributed by atoms with van der Waals surface area (Å²) in [6.07, 6.45) is 3.01. The van der Waals surface area contributed by atoms with Gasteiger partial charge < -0.3 is 14.2 Å². The first-order chi connectivity index (χ1) is 11.1. The van der Waals surface area contributed by atoms with Gasteiger partial charge in [0, 0.05) is 11.1 Å². The molecule has 0 fully saturated rings. The fourth-order valence-electron chi connectivity index (χ4n) is 2.15. The maximum Gasteiger partial charge on any atom is 0.387 e. The van der Waals surface area contributed by atoms with Crippen molar-refractivity contribution in [2.45, 2.75) is 6.61 Å². The number of carbonyl (C=O) groups is 1. The SMILES string of the molecule is O=C(/C=C/c1cccc2c1OCO2)c1ccc(OC(F)F)cc1. The Labute approximate surface area is 130 Å². The minimum atomic E-state index is -2.89. The Morgan fingerprint density at radius 3 is 2.65 bits per heavy atom. The topological polar surface area (TPSA) is 44.8 Å². The number of rotatable bonds is 5. The van der Waals surface area contributed by atoms with Crippen molar-refractivity contribution in [2.24, 2.45) is 0 Å². The molecule has 0 N–H and O–H groups in total. The van der Waals surface area contributed by atoms with E-state index in [2.05, 4.69) is 4.74 Å². The number of para-hydroxylation sites is 1. The highest BCUT2D eigenvalue weighted by Crippen LogP contribution is 2.35. The van der Waals surface area contributed by atoms with Crippen molar-refractivity contribution in [3.63, 3.8) is 0 Å². The van der Waals surface area contributed by atoms with Gasteiger partial charge in [0.1, 0.15) is 5.75 Å². The molecule has 0 bridgehead atoms. The molecule has 0 saturated carbocycles. The van der Waals surface area contributed by atoms with Crippen LogP contribution in [-0.2, 0) is 0 Å². The van der Waals surface area contributed by atoms with E-state index in [0.29, 0.717) is 17.1 Å². The number of halogens is 2. The first-order valence-electron chi connectivity index (χ1n) is 6.79. The first kappa shape index (κ1) is 15.0. The lowest BCUT2D eigenvalue weighted by atomic mass is 10.1. The Kier molecular flexibility index (Phi) is 4.23. The van der Waals surface area contributed by atoms with Crippen LogP contribution in [0.4, 0.5) is 8.78 Å². The number of hydrogen-bond donors (Lipinski definition) is 0. The summed E-state index contributed by atoms with van der Waals surface area (Å²) in [5.41, 5.74) is 1.10. The third-order valence-corrected chi connectivity index (χ3v) is 3.21. The van der Waals surface area contributed by atoms with Gasteiger partial charge in [-0.15, -0.1) is 0 Å². The second-order valence-corrected chi connectivity index (χ2v) is 4.68. The van der Waals surface area contributed by atoms with Crippen LogP contribution in [0.2, 0.25) is 0 Å². The van der Waals surface area contributed by atoms with Crippen molar-refractivity contribution >= 4 is 11.9 Å². The molecule has 3 rings (SSSR count). The van der Waals surface area contributed by atoms with Crippen LogP contribution in [0.25, 0.3) is 6.08 Å². The second-order valence-electron chi connectivity index (χ2n) is 4.68. The molecule has 2 aromatic carbocycles. The largest absolute Gasteiger partial charge is 0.454 e.